The lowest BCUT2D eigenvalue weighted by atomic mass is 9.73. The second-order valence-electron chi connectivity index (χ2n) is 12.6. The van der Waals surface area contributed by atoms with Gasteiger partial charge in [0.05, 0.1) is 36.9 Å². The summed E-state index contributed by atoms with van der Waals surface area (Å²) >= 11 is 15.0. The Morgan fingerprint density at radius 3 is 2.32 bits per heavy atom. The molecule has 13 heteroatoms. The number of carbonyl (C=O) groups is 3. The Labute approximate surface area is 290 Å². The van der Waals surface area contributed by atoms with Crippen molar-refractivity contribution in [2.45, 2.75) is 57.3 Å². The second-order valence-corrected chi connectivity index (χ2v) is 14.4. The van der Waals surface area contributed by atoms with E-state index in [9.17, 15) is 14.4 Å². The van der Waals surface area contributed by atoms with Gasteiger partial charge in [0.1, 0.15) is 5.92 Å². The number of rotatable bonds is 11. The zero-order valence-electron chi connectivity index (χ0n) is 27.0. The van der Waals surface area contributed by atoms with E-state index in [-0.39, 0.29) is 39.1 Å². The first-order valence-electron chi connectivity index (χ1n) is 16.2. The maximum atomic E-state index is 13.9. The number of aromatic nitrogens is 1. The van der Waals surface area contributed by atoms with Crippen molar-refractivity contribution in [3.8, 4) is 0 Å². The molecule has 0 bridgehead atoms. The van der Waals surface area contributed by atoms with Gasteiger partial charge in [0.25, 0.3) is 0 Å². The van der Waals surface area contributed by atoms with E-state index in [0.717, 1.165) is 37.5 Å². The minimum atomic E-state index is -1.02. The fourth-order valence-electron chi connectivity index (χ4n) is 7.29. The molecule has 1 aromatic carbocycles. The van der Waals surface area contributed by atoms with Crippen LogP contribution in [0.1, 0.15) is 61.4 Å². The van der Waals surface area contributed by atoms with Crippen LogP contribution < -0.4 is 5.73 Å². The standard InChI is InChI=1S/C34H43Cl2N5O5S/c1-45-32(43)29-24(9-10-26-38-13-18-47-26)39-25(30(33(44)46-2)31(29)28-22(35)7-6-8-23(28)36)19-27(42)41-16-14-40(15-17-41)21-34(20-37)11-4-3-5-12-34/h6-8,13,18,29,31H,3-5,9-12,14-17,19-21,37H2,1-2H3. The van der Waals surface area contributed by atoms with Crippen LogP contribution in [-0.2, 0) is 30.3 Å². The lowest BCUT2D eigenvalue weighted by Gasteiger charge is -2.43. The van der Waals surface area contributed by atoms with Gasteiger partial charge in [-0.15, -0.1) is 11.3 Å². The van der Waals surface area contributed by atoms with Crippen molar-refractivity contribution in [3.05, 3.63) is 61.7 Å². The van der Waals surface area contributed by atoms with Crippen molar-refractivity contribution in [1.82, 2.24) is 14.8 Å². The SMILES string of the molecule is COC(=O)C1=C(CC(=O)N2CCN(CC3(CN)CCCCC3)CC2)N=C(CCc2nccs2)C(C(=O)OC)C1c1c(Cl)cccc1Cl. The van der Waals surface area contributed by atoms with Gasteiger partial charge in [-0.3, -0.25) is 19.5 Å². The fourth-order valence-corrected chi connectivity index (χ4v) is 8.54. The summed E-state index contributed by atoms with van der Waals surface area (Å²) in [5, 5.41) is 3.29. The Kier molecular flexibility index (Phi) is 12.1. The van der Waals surface area contributed by atoms with Crippen LogP contribution in [0.4, 0.5) is 0 Å². The van der Waals surface area contributed by atoms with Crippen LogP contribution >= 0.6 is 34.5 Å². The van der Waals surface area contributed by atoms with E-state index in [4.69, 9.17) is 43.4 Å². The minimum Gasteiger partial charge on any atom is -0.468 e. The van der Waals surface area contributed by atoms with Gasteiger partial charge < -0.3 is 20.1 Å². The van der Waals surface area contributed by atoms with E-state index in [0.29, 0.717) is 43.8 Å². The third-order valence-electron chi connectivity index (χ3n) is 9.79. The monoisotopic (exact) mass is 703 g/mol. The number of aliphatic imine (C=N–C) groups is 1. The normalized spacial score (nSPS) is 21.7. The number of ether oxygens (including phenoxy) is 2. The topological polar surface area (TPSA) is 127 Å². The predicted octanol–water partition coefficient (Wildman–Crippen LogP) is 5.28. The molecule has 0 radical (unpaired) electrons. The summed E-state index contributed by atoms with van der Waals surface area (Å²) in [6.45, 7) is 4.26. The smallest absolute Gasteiger partial charge is 0.336 e. The average Bonchev–Trinajstić information content (AvgIpc) is 3.61. The van der Waals surface area contributed by atoms with Gasteiger partial charge in [0.15, 0.2) is 0 Å². The number of hydrogen-bond acceptors (Lipinski definition) is 10. The van der Waals surface area contributed by atoms with Crippen molar-refractivity contribution in [3.63, 3.8) is 0 Å². The number of methoxy groups -OCH3 is 2. The van der Waals surface area contributed by atoms with Crippen LogP contribution in [0.25, 0.3) is 0 Å². The highest BCUT2D eigenvalue weighted by atomic mass is 35.5. The lowest BCUT2D eigenvalue weighted by molar-refractivity contribution is -0.143. The van der Waals surface area contributed by atoms with Crippen LogP contribution in [0.5, 0.6) is 0 Å². The molecule has 2 aromatic rings. The quantitative estimate of drug-likeness (QED) is 0.313. The number of piperazine rings is 1. The molecule has 1 aliphatic carbocycles. The molecule has 254 valence electrons. The molecule has 2 unspecified atom stereocenters. The van der Waals surface area contributed by atoms with Crippen LogP contribution in [0.2, 0.25) is 10.0 Å². The molecule has 10 nitrogen and oxygen atoms in total. The van der Waals surface area contributed by atoms with Gasteiger partial charge in [-0.2, -0.15) is 0 Å². The Morgan fingerprint density at radius 2 is 1.72 bits per heavy atom. The number of aryl methyl sites for hydroxylation is 1. The van der Waals surface area contributed by atoms with Crippen LogP contribution in [0.3, 0.4) is 0 Å². The van der Waals surface area contributed by atoms with Crippen LogP contribution in [0, 0.1) is 11.3 Å². The van der Waals surface area contributed by atoms with Crippen molar-refractivity contribution in [1.29, 1.82) is 0 Å². The number of amides is 1. The fraction of sp³-hybridized carbons (Fsp3) is 0.559. The molecule has 2 aliphatic heterocycles. The average molecular weight is 705 g/mol. The highest BCUT2D eigenvalue weighted by molar-refractivity contribution is 7.09. The first-order valence-corrected chi connectivity index (χ1v) is 17.8. The number of halogens is 2. The Hall–Kier alpha value is -2.83. The number of nitrogens with two attached hydrogens (primary N) is 1. The lowest BCUT2D eigenvalue weighted by Crippen LogP contribution is -2.53. The molecular formula is C34H43Cl2N5O5S. The Balaban J connectivity index is 1.46. The number of benzene rings is 1. The van der Waals surface area contributed by atoms with E-state index in [1.54, 1.807) is 24.4 Å². The van der Waals surface area contributed by atoms with Crippen molar-refractivity contribution in [2.75, 3.05) is 53.5 Å². The number of esters is 2. The van der Waals surface area contributed by atoms with Gasteiger partial charge in [0, 0.05) is 72.4 Å². The summed E-state index contributed by atoms with van der Waals surface area (Å²) in [4.78, 5) is 54.6. The minimum absolute atomic E-state index is 0.0741. The van der Waals surface area contributed by atoms with Gasteiger partial charge in [-0.25, -0.2) is 9.78 Å². The van der Waals surface area contributed by atoms with E-state index in [1.165, 1.54) is 44.8 Å². The molecule has 3 aliphatic rings. The predicted molar refractivity (Wildman–Crippen MR) is 184 cm³/mol. The number of thiazole rings is 1. The second kappa shape index (κ2) is 16.0. The molecule has 1 saturated carbocycles. The molecule has 2 atom stereocenters. The summed E-state index contributed by atoms with van der Waals surface area (Å²) in [5.74, 6) is -3.48. The molecule has 0 spiro atoms. The first-order chi connectivity index (χ1) is 22.7. The zero-order chi connectivity index (χ0) is 33.6. The van der Waals surface area contributed by atoms with Crippen molar-refractivity contribution in [2.24, 2.45) is 22.1 Å². The van der Waals surface area contributed by atoms with E-state index in [1.807, 2.05) is 10.3 Å². The molecule has 2 fully saturated rings. The largest absolute Gasteiger partial charge is 0.468 e. The van der Waals surface area contributed by atoms with E-state index >= 15 is 0 Å². The molecule has 1 amide bonds. The van der Waals surface area contributed by atoms with E-state index in [2.05, 4.69) is 9.88 Å². The number of hydrogen-bond donors (Lipinski definition) is 1. The first kappa shape index (κ1) is 35.5. The summed E-state index contributed by atoms with van der Waals surface area (Å²) in [7, 11) is 2.55. The molecule has 47 heavy (non-hydrogen) atoms. The van der Waals surface area contributed by atoms with Crippen LogP contribution in [-0.4, -0.2) is 91.8 Å². The van der Waals surface area contributed by atoms with Gasteiger partial charge in [-0.1, -0.05) is 48.5 Å². The Morgan fingerprint density at radius 1 is 1.02 bits per heavy atom. The number of carbonyl (C=O) groups excluding carboxylic acids is 3. The maximum absolute atomic E-state index is 13.9. The molecular weight excluding hydrogens is 661 g/mol. The molecule has 3 heterocycles. The Bertz CT molecular complexity index is 1480. The summed E-state index contributed by atoms with van der Waals surface area (Å²) < 4.78 is 10.5. The summed E-state index contributed by atoms with van der Waals surface area (Å²) in [6.07, 6.45) is 8.44. The molecule has 1 saturated heterocycles. The van der Waals surface area contributed by atoms with E-state index < -0.39 is 23.8 Å². The molecule has 1 aromatic heterocycles. The maximum Gasteiger partial charge on any atom is 0.336 e. The highest BCUT2D eigenvalue weighted by Gasteiger charge is 2.46. The highest BCUT2D eigenvalue weighted by Crippen LogP contribution is 2.46. The van der Waals surface area contributed by atoms with Gasteiger partial charge in [0.2, 0.25) is 5.91 Å². The van der Waals surface area contributed by atoms with Crippen molar-refractivity contribution < 1.29 is 23.9 Å². The third-order valence-corrected chi connectivity index (χ3v) is 11.3. The molecule has 5 rings (SSSR count). The van der Waals surface area contributed by atoms with Crippen molar-refractivity contribution >= 4 is 58.1 Å². The third kappa shape index (κ3) is 8.08. The van der Waals surface area contributed by atoms with Gasteiger partial charge >= 0.3 is 11.9 Å². The number of nitrogens with zero attached hydrogens (tertiary/aromatic N) is 4. The molecule has 2 N–H and O–H groups in total. The summed E-state index contributed by atoms with van der Waals surface area (Å²) in [6, 6.07) is 5.00. The zero-order valence-corrected chi connectivity index (χ0v) is 29.3. The van der Waals surface area contributed by atoms with Crippen LogP contribution in [0.15, 0.2) is 46.0 Å². The summed E-state index contributed by atoms with van der Waals surface area (Å²) in [5.41, 5.74) is 7.57. The van der Waals surface area contributed by atoms with Gasteiger partial charge in [-0.05, 0) is 48.9 Å².